The summed E-state index contributed by atoms with van der Waals surface area (Å²) >= 11 is 1.62. The van der Waals surface area contributed by atoms with Gasteiger partial charge in [-0.25, -0.2) is 0 Å². The van der Waals surface area contributed by atoms with Crippen LogP contribution in [0.2, 0.25) is 0 Å². The van der Waals surface area contributed by atoms with Crippen LogP contribution < -0.4 is 10.1 Å². The van der Waals surface area contributed by atoms with Gasteiger partial charge in [-0.3, -0.25) is 9.59 Å². The van der Waals surface area contributed by atoms with Crippen LogP contribution in [0.25, 0.3) is 0 Å². The highest BCUT2D eigenvalue weighted by atomic mass is 32.2. The first-order valence-corrected chi connectivity index (χ1v) is 10.3. The Kier molecular flexibility index (Phi) is 5.07. The van der Waals surface area contributed by atoms with E-state index in [4.69, 9.17) is 4.74 Å². The van der Waals surface area contributed by atoms with Crippen molar-refractivity contribution in [2.45, 2.75) is 25.3 Å². The van der Waals surface area contributed by atoms with E-state index in [2.05, 4.69) is 5.32 Å². The number of aryl methyl sites for hydroxylation is 1. The van der Waals surface area contributed by atoms with Crippen LogP contribution in [0.5, 0.6) is 5.75 Å². The van der Waals surface area contributed by atoms with Gasteiger partial charge >= 0.3 is 0 Å². The Labute approximate surface area is 163 Å². The summed E-state index contributed by atoms with van der Waals surface area (Å²) in [4.78, 5) is 27.8. The summed E-state index contributed by atoms with van der Waals surface area (Å²) in [6.45, 7) is 2.51. The molecule has 2 amide bonds. The van der Waals surface area contributed by atoms with Gasteiger partial charge in [-0.1, -0.05) is 30.3 Å². The number of carbonyl (C=O) groups is 2. The Balaban J connectivity index is 1.51. The fourth-order valence-electron chi connectivity index (χ4n) is 3.62. The number of nitrogens with one attached hydrogen (secondary N) is 1. The molecule has 2 aliphatic heterocycles. The van der Waals surface area contributed by atoms with Crippen molar-refractivity contribution in [1.82, 2.24) is 4.90 Å². The highest BCUT2D eigenvalue weighted by Gasteiger charge is 2.39. The molecule has 5 nitrogen and oxygen atoms in total. The summed E-state index contributed by atoms with van der Waals surface area (Å²) in [6.07, 6.45) is 0.642. The first-order chi connectivity index (χ1) is 13.1. The minimum Gasteiger partial charge on any atom is -0.493 e. The van der Waals surface area contributed by atoms with Crippen molar-refractivity contribution in [3.05, 3.63) is 59.7 Å². The number of nitrogens with zero attached hydrogens (tertiary/aromatic N) is 1. The molecule has 1 N–H and O–H groups in total. The average Bonchev–Trinajstić information content (AvgIpc) is 3.17. The van der Waals surface area contributed by atoms with Crippen LogP contribution in [-0.2, 0) is 9.59 Å². The number of amides is 2. The zero-order chi connectivity index (χ0) is 18.8. The number of thioether (sulfide) groups is 1. The third-order valence-corrected chi connectivity index (χ3v) is 6.02. The van der Waals surface area contributed by atoms with Crippen LogP contribution in [0.15, 0.2) is 48.5 Å². The molecule has 2 heterocycles. The summed E-state index contributed by atoms with van der Waals surface area (Å²) in [6, 6.07) is 14.9. The Hall–Kier alpha value is -2.47. The van der Waals surface area contributed by atoms with Crippen LogP contribution in [0.1, 0.15) is 23.5 Å². The van der Waals surface area contributed by atoms with E-state index < -0.39 is 6.04 Å². The quantitative estimate of drug-likeness (QED) is 0.884. The van der Waals surface area contributed by atoms with Crippen molar-refractivity contribution >= 4 is 29.3 Å². The SMILES string of the molecule is Cc1cccc(NC(=O)[C@@H]2CSCN2C(=O)[C@@H]2CCOc3ccccc32)c1. The van der Waals surface area contributed by atoms with E-state index in [0.29, 0.717) is 24.7 Å². The van der Waals surface area contributed by atoms with E-state index in [9.17, 15) is 9.59 Å². The molecule has 2 atom stereocenters. The summed E-state index contributed by atoms with van der Waals surface area (Å²) < 4.78 is 5.68. The standard InChI is InChI=1S/C21H22N2O3S/c1-14-5-4-6-15(11-14)22-20(24)18-12-27-13-23(18)21(25)17-9-10-26-19-8-3-2-7-16(17)19/h2-8,11,17-18H,9-10,12-13H2,1H3,(H,22,24)/t17-,18+/m1/s1. The Morgan fingerprint density at radius 3 is 2.89 bits per heavy atom. The number of ether oxygens (including phenoxy) is 1. The zero-order valence-electron chi connectivity index (χ0n) is 15.2. The van der Waals surface area contributed by atoms with Crippen LogP contribution in [0, 0.1) is 6.92 Å². The van der Waals surface area contributed by atoms with E-state index in [1.54, 1.807) is 16.7 Å². The molecular weight excluding hydrogens is 360 g/mol. The minimum atomic E-state index is -0.446. The summed E-state index contributed by atoms with van der Waals surface area (Å²) in [5.74, 6) is 1.58. The molecule has 2 aromatic carbocycles. The lowest BCUT2D eigenvalue weighted by Gasteiger charge is -2.31. The molecule has 0 spiro atoms. The molecule has 6 heteroatoms. The third-order valence-electron chi connectivity index (χ3n) is 5.01. The molecule has 2 aliphatic rings. The molecule has 0 aliphatic carbocycles. The maximum Gasteiger partial charge on any atom is 0.248 e. The van der Waals surface area contributed by atoms with Gasteiger partial charge in [0.05, 0.1) is 18.4 Å². The van der Waals surface area contributed by atoms with Gasteiger partial charge in [0.25, 0.3) is 0 Å². The normalized spacial score (nSPS) is 21.3. The summed E-state index contributed by atoms with van der Waals surface area (Å²) in [5, 5.41) is 2.96. The van der Waals surface area contributed by atoms with Crippen molar-refractivity contribution < 1.29 is 14.3 Å². The smallest absolute Gasteiger partial charge is 0.248 e. The molecule has 0 bridgehead atoms. The molecule has 0 radical (unpaired) electrons. The highest BCUT2D eigenvalue weighted by molar-refractivity contribution is 7.99. The van der Waals surface area contributed by atoms with Crippen LogP contribution in [-0.4, -0.2) is 41.0 Å². The molecule has 2 aromatic rings. The molecule has 27 heavy (non-hydrogen) atoms. The number of hydrogen-bond acceptors (Lipinski definition) is 4. The predicted molar refractivity (Wildman–Crippen MR) is 107 cm³/mol. The van der Waals surface area contributed by atoms with Crippen molar-refractivity contribution in [2.75, 3.05) is 23.6 Å². The lowest BCUT2D eigenvalue weighted by molar-refractivity contribution is -0.138. The fraction of sp³-hybridized carbons (Fsp3) is 0.333. The van der Waals surface area contributed by atoms with Gasteiger partial charge < -0.3 is 15.0 Å². The van der Waals surface area contributed by atoms with Gasteiger partial charge in [-0.2, -0.15) is 0 Å². The number of hydrogen-bond donors (Lipinski definition) is 1. The first-order valence-electron chi connectivity index (χ1n) is 9.11. The van der Waals surface area contributed by atoms with Gasteiger partial charge in [-0.05, 0) is 37.1 Å². The van der Waals surface area contributed by atoms with Gasteiger partial charge in [-0.15, -0.1) is 11.8 Å². The largest absolute Gasteiger partial charge is 0.493 e. The lowest BCUT2D eigenvalue weighted by atomic mass is 9.91. The van der Waals surface area contributed by atoms with Gasteiger partial charge in [0.15, 0.2) is 0 Å². The molecule has 0 unspecified atom stereocenters. The number of carbonyl (C=O) groups excluding carboxylic acids is 2. The summed E-state index contributed by atoms with van der Waals surface area (Å²) in [5.41, 5.74) is 2.77. The van der Waals surface area contributed by atoms with Gasteiger partial charge in [0.2, 0.25) is 11.8 Å². The van der Waals surface area contributed by atoms with Crippen molar-refractivity contribution in [3.8, 4) is 5.75 Å². The summed E-state index contributed by atoms with van der Waals surface area (Å²) in [7, 11) is 0. The van der Waals surface area contributed by atoms with Crippen LogP contribution in [0.4, 0.5) is 5.69 Å². The molecule has 0 saturated carbocycles. The number of rotatable bonds is 3. The second kappa shape index (κ2) is 7.64. The average molecular weight is 382 g/mol. The van der Waals surface area contributed by atoms with Gasteiger partial charge in [0, 0.05) is 17.0 Å². The van der Waals surface area contributed by atoms with E-state index in [0.717, 1.165) is 22.6 Å². The number of benzene rings is 2. The molecule has 140 valence electrons. The monoisotopic (exact) mass is 382 g/mol. The van der Waals surface area contributed by atoms with E-state index >= 15 is 0 Å². The van der Waals surface area contributed by atoms with E-state index in [-0.39, 0.29) is 17.7 Å². The minimum absolute atomic E-state index is 0.0140. The zero-order valence-corrected chi connectivity index (χ0v) is 16.0. The van der Waals surface area contributed by atoms with E-state index in [1.165, 1.54) is 0 Å². The first kappa shape index (κ1) is 17.9. The van der Waals surface area contributed by atoms with Crippen molar-refractivity contribution in [2.24, 2.45) is 0 Å². The molecule has 4 rings (SSSR count). The van der Waals surface area contributed by atoms with Crippen LogP contribution in [0.3, 0.4) is 0 Å². The molecular formula is C21H22N2O3S. The molecule has 1 fully saturated rings. The fourth-order valence-corrected chi connectivity index (χ4v) is 4.79. The Morgan fingerprint density at radius 2 is 2.04 bits per heavy atom. The lowest BCUT2D eigenvalue weighted by Crippen LogP contribution is -2.46. The number of fused-ring (bicyclic) bond motifs is 1. The predicted octanol–water partition coefficient (Wildman–Crippen LogP) is 3.40. The second-order valence-electron chi connectivity index (χ2n) is 6.91. The van der Waals surface area contributed by atoms with Gasteiger partial charge in [0.1, 0.15) is 11.8 Å². The molecule has 1 saturated heterocycles. The Morgan fingerprint density at radius 1 is 1.19 bits per heavy atom. The van der Waals surface area contributed by atoms with Crippen molar-refractivity contribution in [1.29, 1.82) is 0 Å². The van der Waals surface area contributed by atoms with Crippen molar-refractivity contribution in [3.63, 3.8) is 0 Å². The highest BCUT2D eigenvalue weighted by Crippen LogP contribution is 2.36. The van der Waals surface area contributed by atoms with Crippen LogP contribution >= 0.6 is 11.8 Å². The topological polar surface area (TPSA) is 58.6 Å². The number of anilines is 1. The molecule has 0 aromatic heterocycles. The third kappa shape index (κ3) is 3.67. The Bertz CT molecular complexity index is 870. The van der Waals surface area contributed by atoms with E-state index in [1.807, 2.05) is 55.5 Å². The number of para-hydroxylation sites is 1. The second-order valence-corrected chi connectivity index (χ2v) is 7.91. The maximum absolute atomic E-state index is 13.3. The maximum atomic E-state index is 13.3.